The van der Waals surface area contributed by atoms with Gasteiger partial charge in [0.05, 0.1) is 42.8 Å². The lowest BCUT2D eigenvalue weighted by Crippen LogP contribution is -2.38. The Balaban J connectivity index is 1.43. The van der Waals surface area contributed by atoms with E-state index in [1.165, 1.54) is 10.9 Å². The van der Waals surface area contributed by atoms with Crippen molar-refractivity contribution in [1.29, 1.82) is 0 Å². The zero-order valence-electron chi connectivity index (χ0n) is 17.4. The summed E-state index contributed by atoms with van der Waals surface area (Å²) in [6.45, 7) is 2.62. The summed E-state index contributed by atoms with van der Waals surface area (Å²) in [7, 11) is 1.67. The summed E-state index contributed by atoms with van der Waals surface area (Å²) in [5.41, 5.74) is 2.12. The van der Waals surface area contributed by atoms with Crippen LogP contribution in [0.3, 0.4) is 0 Å². The van der Waals surface area contributed by atoms with Gasteiger partial charge < -0.3 is 25.2 Å². The molecule has 0 aromatic carbocycles. The van der Waals surface area contributed by atoms with Crippen LogP contribution in [0, 0.1) is 5.92 Å². The van der Waals surface area contributed by atoms with Crippen molar-refractivity contribution in [2.45, 2.75) is 19.4 Å². The van der Waals surface area contributed by atoms with Crippen LogP contribution in [0.4, 0.5) is 11.5 Å². The molecule has 0 spiro atoms. The molecule has 0 radical (unpaired) electrons. The molecular formula is C20H22ClN7O4. The molecule has 1 amide bonds. The molecule has 4 rings (SSSR count). The van der Waals surface area contributed by atoms with E-state index in [-0.39, 0.29) is 11.8 Å². The Morgan fingerprint density at radius 3 is 2.81 bits per heavy atom. The number of aliphatic hydroxyl groups is 1. The summed E-state index contributed by atoms with van der Waals surface area (Å²) < 4.78 is 12.1. The Morgan fingerprint density at radius 1 is 1.34 bits per heavy atom. The molecule has 12 heteroatoms. The lowest BCUT2D eigenvalue weighted by atomic mass is 10.1. The SMILES string of the molecule is C[C@@H](OC(O)Nc1c(-c2ccc(NC(=O)C3COC3)cn2)nnn1C)c1cccnc1Cl. The maximum atomic E-state index is 12.0. The summed E-state index contributed by atoms with van der Waals surface area (Å²) in [6.07, 6.45) is 1.21. The molecule has 3 aromatic rings. The first-order chi connectivity index (χ1) is 15.4. The van der Waals surface area contributed by atoms with Crippen LogP contribution in [0.5, 0.6) is 0 Å². The van der Waals surface area contributed by atoms with Crippen LogP contribution in [-0.4, -0.2) is 55.6 Å². The number of nitrogens with zero attached hydrogens (tertiary/aromatic N) is 5. The second-order valence-corrected chi connectivity index (χ2v) is 7.58. The summed E-state index contributed by atoms with van der Waals surface area (Å²) in [4.78, 5) is 20.4. The molecule has 2 atom stereocenters. The monoisotopic (exact) mass is 459 g/mol. The number of carbonyl (C=O) groups is 1. The van der Waals surface area contributed by atoms with Crippen LogP contribution in [-0.2, 0) is 21.3 Å². The number of aliphatic hydroxyl groups excluding tert-OH is 1. The molecule has 168 valence electrons. The zero-order chi connectivity index (χ0) is 22.7. The van der Waals surface area contributed by atoms with Crippen molar-refractivity contribution in [1.82, 2.24) is 25.0 Å². The molecule has 4 heterocycles. The third kappa shape index (κ3) is 4.86. The molecule has 0 saturated carbocycles. The lowest BCUT2D eigenvalue weighted by molar-refractivity contribution is -0.133. The van der Waals surface area contributed by atoms with Crippen LogP contribution < -0.4 is 10.6 Å². The van der Waals surface area contributed by atoms with E-state index in [1.807, 2.05) is 0 Å². The first kappa shape index (κ1) is 22.1. The van der Waals surface area contributed by atoms with Gasteiger partial charge in [0.15, 0.2) is 11.5 Å². The first-order valence-corrected chi connectivity index (χ1v) is 10.3. The minimum atomic E-state index is -1.37. The average Bonchev–Trinajstić information content (AvgIpc) is 3.07. The summed E-state index contributed by atoms with van der Waals surface area (Å²) >= 11 is 6.09. The number of aryl methyl sites for hydroxylation is 1. The number of halogens is 1. The number of anilines is 2. The van der Waals surface area contributed by atoms with Gasteiger partial charge in [0.1, 0.15) is 5.15 Å². The predicted octanol–water partition coefficient (Wildman–Crippen LogP) is 1.98. The number of rotatable bonds is 8. The van der Waals surface area contributed by atoms with Gasteiger partial charge in [-0.2, -0.15) is 0 Å². The summed E-state index contributed by atoms with van der Waals surface area (Å²) in [5.74, 6) is 0.171. The fourth-order valence-corrected chi connectivity index (χ4v) is 3.32. The van der Waals surface area contributed by atoms with E-state index >= 15 is 0 Å². The highest BCUT2D eigenvalue weighted by Gasteiger charge is 2.26. The summed E-state index contributed by atoms with van der Waals surface area (Å²) in [5, 5.41) is 24.5. The van der Waals surface area contributed by atoms with Crippen molar-refractivity contribution in [2.24, 2.45) is 13.0 Å². The van der Waals surface area contributed by atoms with Gasteiger partial charge in [0, 0.05) is 18.8 Å². The fraction of sp³-hybridized carbons (Fsp3) is 0.350. The Morgan fingerprint density at radius 2 is 2.16 bits per heavy atom. The normalized spacial score (nSPS) is 15.6. The van der Waals surface area contributed by atoms with E-state index in [0.29, 0.717) is 46.8 Å². The van der Waals surface area contributed by atoms with E-state index < -0.39 is 12.5 Å². The smallest absolute Gasteiger partial charge is 0.237 e. The lowest BCUT2D eigenvalue weighted by Gasteiger charge is -2.24. The number of pyridine rings is 2. The van der Waals surface area contributed by atoms with E-state index in [4.69, 9.17) is 21.1 Å². The molecular weight excluding hydrogens is 438 g/mol. The van der Waals surface area contributed by atoms with Crippen LogP contribution in [0.25, 0.3) is 11.4 Å². The minimum Gasteiger partial charge on any atom is -0.380 e. The number of aromatic nitrogens is 5. The third-order valence-corrected chi connectivity index (χ3v) is 5.24. The molecule has 11 nitrogen and oxygen atoms in total. The highest BCUT2D eigenvalue weighted by atomic mass is 35.5. The van der Waals surface area contributed by atoms with Crippen molar-refractivity contribution in [2.75, 3.05) is 23.8 Å². The maximum Gasteiger partial charge on any atom is 0.237 e. The molecule has 0 bridgehead atoms. The van der Waals surface area contributed by atoms with Crippen molar-refractivity contribution in [3.63, 3.8) is 0 Å². The van der Waals surface area contributed by atoms with E-state index in [1.54, 1.807) is 44.4 Å². The van der Waals surface area contributed by atoms with E-state index in [2.05, 4.69) is 30.9 Å². The van der Waals surface area contributed by atoms with Crippen LogP contribution in [0.15, 0.2) is 36.7 Å². The van der Waals surface area contributed by atoms with Crippen LogP contribution >= 0.6 is 11.6 Å². The topological polar surface area (TPSA) is 136 Å². The van der Waals surface area contributed by atoms with Crippen molar-refractivity contribution >= 4 is 29.0 Å². The van der Waals surface area contributed by atoms with Crippen LogP contribution in [0.1, 0.15) is 18.6 Å². The minimum absolute atomic E-state index is 0.101. The van der Waals surface area contributed by atoms with Gasteiger partial charge >= 0.3 is 0 Å². The Hall–Kier alpha value is -3.12. The number of ether oxygens (including phenoxy) is 2. The largest absolute Gasteiger partial charge is 0.380 e. The summed E-state index contributed by atoms with van der Waals surface area (Å²) in [6, 6.07) is 6.93. The quantitative estimate of drug-likeness (QED) is 0.341. The van der Waals surface area contributed by atoms with Gasteiger partial charge in [-0.15, -0.1) is 5.10 Å². The number of hydrogen-bond donors (Lipinski definition) is 3. The maximum absolute atomic E-state index is 12.0. The van der Waals surface area contributed by atoms with Gasteiger partial charge in [0.2, 0.25) is 12.3 Å². The Labute approximate surface area is 188 Å². The number of nitrogens with one attached hydrogen (secondary N) is 2. The molecule has 3 aromatic heterocycles. The van der Waals surface area contributed by atoms with Crippen molar-refractivity contribution in [3.8, 4) is 11.4 Å². The molecule has 1 aliphatic heterocycles. The Bertz CT molecular complexity index is 1090. The second kappa shape index (κ2) is 9.57. The first-order valence-electron chi connectivity index (χ1n) is 9.87. The molecule has 1 aliphatic rings. The highest BCUT2D eigenvalue weighted by molar-refractivity contribution is 6.30. The second-order valence-electron chi connectivity index (χ2n) is 7.22. The van der Waals surface area contributed by atoms with Gasteiger partial charge in [0.25, 0.3) is 0 Å². The number of carbonyl (C=O) groups excluding carboxylic acids is 1. The van der Waals surface area contributed by atoms with Crippen molar-refractivity contribution in [3.05, 3.63) is 47.4 Å². The average molecular weight is 460 g/mol. The molecule has 1 saturated heterocycles. The molecule has 1 fully saturated rings. The van der Waals surface area contributed by atoms with Gasteiger partial charge in [-0.05, 0) is 25.1 Å². The standard InChI is InChI=1S/C20H22ClN7O4/c1-11(14-4-3-7-22-17(14)21)32-20(30)25-18-16(26-27-28(18)2)15-6-5-13(8-23-15)24-19(29)12-9-31-10-12/h3-8,11-12,20,25,30H,9-10H2,1-2H3,(H,24,29)/t11-,20?/m1/s1. The number of hydrogen-bond acceptors (Lipinski definition) is 9. The molecule has 3 N–H and O–H groups in total. The predicted molar refractivity (Wildman–Crippen MR) is 116 cm³/mol. The van der Waals surface area contributed by atoms with E-state index in [0.717, 1.165) is 0 Å². The van der Waals surface area contributed by atoms with E-state index in [9.17, 15) is 9.90 Å². The van der Waals surface area contributed by atoms with Crippen LogP contribution in [0.2, 0.25) is 5.15 Å². The molecule has 32 heavy (non-hydrogen) atoms. The fourth-order valence-electron chi connectivity index (χ4n) is 3.05. The molecule has 0 aliphatic carbocycles. The highest BCUT2D eigenvalue weighted by Crippen LogP contribution is 2.27. The molecule has 1 unspecified atom stereocenters. The third-order valence-electron chi connectivity index (χ3n) is 4.93. The van der Waals surface area contributed by atoms with Gasteiger partial charge in [-0.1, -0.05) is 22.9 Å². The van der Waals surface area contributed by atoms with Gasteiger partial charge in [-0.3, -0.25) is 9.78 Å². The Kier molecular flexibility index (Phi) is 6.61. The number of amides is 1. The van der Waals surface area contributed by atoms with Crippen molar-refractivity contribution < 1.29 is 19.4 Å². The zero-order valence-corrected chi connectivity index (χ0v) is 18.2. The van der Waals surface area contributed by atoms with Gasteiger partial charge in [-0.25, -0.2) is 9.67 Å².